The number of carboxylic acids is 1. The van der Waals surface area contributed by atoms with Gasteiger partial charge in [0.2, 0.25) is 5.76 Å². The van der Waals surface area contributed by atoms with Gasteiger partial charge >= 0.3 is 5.97 Å². The molecule has 0 aliphatic heterocycles. The van der Waals surface area contributed by atoms with E-state index in [0.717, 1.165) is 12.1 Å². The first-order valence-corrected chi connectivity index (χ1v) is 6.87. The molecule has 1 aromatic carbocycles. The van der Waals surface area contributed by atoms with Crippen molar-refractivity contribution in [3.8, 4) is 0 Å². The van der Waals surface area contributed by atoms with Crippen LogP contribution in [0.4, 0.5) is 8.78 Å². The largest absolute Gasteiger partial charge is 0.475 e. The van der Waals surface area contributed by atoms with Crippen molar-refractivity contribution in [2.75, 3.05) is 5.75 Å². The number of furan rings is 1. The van der Waals surface area contributed by atoms with E-state index in [1.807, 2.05) is 0 Å². The highest BCUT2D eigenvalue weighted by atomic mass is 32.2. The van der Waals surface area contributed by atoms with Gasteiger partial charge in [0.1, 0.15) is 0 Å². The van der Waals surface area contributed by atoms with Gasteiger partial charge in [-0.25, -0.2) is 13.6 Å². The van der Waals surface area contributed by atoms with Crippen LogP contribution in [0.25, 0.3) is 0 Å². The Hall–Kier alpha value is -2.02. The number of carbonyl (C=O) groups is 1. The number of alkyl halides is 2. The fraction of sp³-hybridized carbons (Fsp3) is 0.154. The van der Waals surface area contributed by atoms with Crippen molar-refractivity contribution in [2.45, 2.75) is 11.0 Å². The molecule has 1 atom stereocenters. The minimum absolute atomic E-state index is 0.252. The highest BCUT2D eigenvalue weighted by Gasteiger charge is 2.35. The molecular formula is C13H10F2O4S. The maximum atomic E-state index is 13.9. The number of halogens is 2. The number of rotatable bonds is 5. The molecule has 20 heavy (non-hydrogen) atoms. The highest BCUT2D eigenvalue weighted by Crippen LogP contribution is 2.30. The molecule has 106 valence electrons. The minimum Gasteiger partial charge on any atom is -0.475 e. The van der Waals surface area contributed by atoms with Crippen LogP contribution in [0.3, 0.4) is 0 Å². The third-order valence-electron chi connectivity index (χ3n) is 2.53. The van der Waals surface area contributed by atoms with E-state index in [-0.39, 0.29) is 10.7 Å². The molecule has 2 aromatic rings. The van der Waals surface area contributed by atoms with Crippen molar-refractivity contribution in [2.24, 2.45) is 0 Å². The van der Waals surface area contributed by atoms with Crippen LogP contribution >= 0.6 is 0 Å². The molecule has 1 heterocycles. The number of carboxylic acid groups (broad SMARTS) is 1. The van der Waals surface area contributed by atoms with Crippen LogP contribution in [-0.4, -0.2) is 21.0 Å². The van der Waals surface area contributed by atoms with Crippen LogP contribution in [0.5, 0.6) is 0 Å². The molecular weight excluding hydrogens is 290 g/mol. The lowest BCUT2D eigenvalue weighted by Gasteiger charge is -2.15. The molecule has 0 spiro atoms. The lowest BCUT2D eigenvalue weighted by molar-refractivity contribution is 0.0220. The molecule has 0 saturated heterocycles. The highest BCUT2D eigenvalue weighted by molar-refractivity contribution is 7.84. The summed E-state index contributed by atoms with van der Waals surface area (Å²) in [6, 6.07) is 9.20. The zero-order valence-electron chi connectivity index (χ0n) is 10.1. The van der Waals surface area contributed by atoms with Gasteiger partial charge in [0.15, 0.2) is 5.09 Å². The molecule has 0 saturated carbocycles. The first kappa shape index (κ1) is 14.4. The maximum absolute atomic E-state index is 13.9. The van der Waals surface area contributed by atoms with Crippen LogP contribution < -0.4 is 0 Å². The Kier molecular flexibility index (Phi) is 3.99. The summed E-state index contributed by atoms with van der Waals surface area (Å²) < 4.78 is 44.4. The van der Waals surface area contributed by atoms with Crippen molar-refractivity contribution >= 4 is 16.8 Å². The van der Waals surface area contributed by atoms with Crippen molar-refractivity contribution in [1.29, 1.82) is 0 Å². The van der Waals surface area contributed by atoms with E-state index in [9.17, 15) is 17.8 Å². The fourth-order valence-corrected chi connectivity index (χ4v) is 2.60. The average molecular weight is 300 g/mol. The van der Waals surface area contributed by atoms with Gasteiger partial charge in [0.05, 0.1) is 16.6 Å². The zero-order valence-corrected chi connectivity index (χ0v) is 10.9. The van der Waals surface area contributed by atoms with E-state index in [4.69, 9.17) is 9.52 Å². The summed E-state index contributed by atoms with van der Waals surface area (Å²) in [7, 11) is -2.13. The standard InChI is InChI=1S/C13H10F2O4S/c14-13(15,9-4-2-1-3-5-9)8-20(18)11-7-6-10(19-11)12(16)17/h1-7H,8H2,(H,16,17). The molecule has 1 unspecified atom stereocenters. The van der Waals surface area contributed by atoms with E-state index in [2.05, 4.69) is 0 Å². The Morgan fingerprint density at radius 1 is 1.20 bits per heavy atom. The van der Waals surface area contributed by atoms with Crippen molar-refractivity contribution in [3.63, 3.8) is 0 Å². The zero-order chi connectivity index (χ0) is 14.8. The molecule has 0 radical (unpaired) electrons. The Bertz CT molecular complexity index is 637. The summed E-state index contributed by atoms with van der Waals surface area (Å²) in [5, 5.41) is 8.37. The number of aromatic carboxylic acids is 1. The van der Waals surface area contributed by atoms with Crippen LogP contribution in [0.15, 0.2) is 52.0 Å². The van der Waals surface area contributed by atoms with E-state index in [1.54, 1.807) is 6.07 Å². The van der Waals surface area contributed by atoms with Crippen molar-refractivity contribution < 1.29 is 27.3 Å². The number of hydrogen-bond donors (Lipinski definition) is 1. The molecule has 7 heteroatoms. The topological polar surface area (TPSA) is 67.5 Å². The first-order valence-electron chi connectivity index (χ1n) is 5.55. The molecule has 0 bridgehead atoms. The Balaban J connectivity index is 2.16. The minimum atomic E-state index is -3.29. The van der Waals surface area contributed by atoms with E-state index in [0.29, 0.717) is 0 Å². The molecule has 1 aromatic heterocycles. The average Bonchev–Trinajstić information content (AvgIpc) is 2.89. The lowest BCUT2D eigenvalue weighted by atomic mass is 10.1. The van der Waals surface area contributed by atoms with Gasteiger partial charge in [-0.15, -0.1) is 0 Å². The Labute approximate surface area is 115 Å². The second kappa shape index (κ2) is 5.54. The molecule has 0 aliphatic carbocycles. The van der Waals surface area contributed by atoms with Gasteiger partial charge in [0.25, 0.3) is 5.92 Å². The van der Waals surface area contributed by atoms with Crippen LogP contribution in [-0.2, 0) is 16.7 Å². The number of hydrogen-bond acceptors (Lipinski definition) is 3. The smallest absolute Gasteiger partial charge is 0.371 e. The van der Waals surface area contributed by atoms with E-state index in [1.165, 1.54) is 24.3 Å². The summed E-state index contributed by atoms with van der Waals surface area (Å²) in [6.07, 6.45) is 0. The van der Waals surface area contributed by atoms with Gasteiger partial charge in [-0.1, -0.05) is 30.3 Å². The Morgan fingerprint density at radius 3 is 2.40 bits per heavy atom. The molecule has 4 nitrogen and oxygen atoms in total. The van der Waals surface area contributed by atoms with Gasteiger partial charge in [-0.2, -0.15) is 0 Å². The second-order valence-corrected chi connectivity index (χ2v) is 5.37. The lowest BCUT2D eigenvalue weighted by Crippen LogP contribution is -2.22. The summed E-state index contributed by atoms with van der Waals surface area (Å²) in [5.41, 5.74) is -0.252. The van der Waals surface area contributed by atoms with Crippen molar-refractivity contribution in [3.05, 3.63) is 53.8 Å². The second-order valence-electron chi connectivity index (χ2n) is 3.98. The Morgan fingerprint density at radius 2 is 1.85 bits per heavy atom. The van der Waals surface area contributed by atoms with Gasteiger partial charge in [-0.05, 0) is 12.1 Å². The van der Waals surface area contributed by atoms with Crippen LogP contribution in [0.2, 0.25) is 0 Å². The quantitative estimate of drug-likeness (QED) is 0.922. The summed E-state index contributed by atoms with van der Waals surface area (Å²) in [6.45, 7) is 0. The van der Waals surface area contributed by atoms with Crippen LogP contribution in [0.1, 0.15) is 16.1 Å². The normalized spacial score (nSPS) is 13.1. The summed E-state index contributed by atoms with van der Waals surface area (Å²) >= 11 is 0. The molecule has 1 N–H and O–H groups in total. The van der Waals surface area contributed by atoms with E-state index < -0.39 is 34.2 Å². The third-order valence-corrected chi connectivity index (χ3v) is 3.82. The van der Waals surface area contributed by atoms with Gasteiger partial charge < -0.3 is 9.52 Å². The van der Waals surface area contributed by atoms with Gasteiger partial charge in [-0.3, -0.25) is 4.21 Å². The predicted octanol–water partition coefficient (Wildman–Crippen LogP) is 2.88. The predicted molar refractivity (Wildman–Crippen MR) is 67.3 cm³/mol. The summed E-state index contributed by atoms with van der Waals surface area (Å²) in [5.74, 6) is -6.04. The molecule has 0 amide bonds. The third kappa shape index (κ3) is 3.11. The van der Waals surface area contributed by atoms with Crippen LogP contribution in [0, 0.1) is 0 Å². The van der Waals surface area contributed by atoms with E-state index >= 15 is 0 Å². The summed E-state index contributed by atoms with van der Waals surface area (Å²) in [4.78, 5) is 10.6. The molecule has 2 rings (SSSR count). The number of benzene rings is 1. The van der Waals surface area contributed by atoms with Crippen molar-refractivity contribution in [1.82, 2.24) is 0 Å². The first-order chi connectivity index (χ1) is 9.40. The van der Waals surface area contributed by atoms with Gasteiger partial charge in [0, 0.05) is 5.56 Å². The molecule has 0 aliphatic rings. The fourth-order valence-electron chi connectivity index (χ4n) is 1.56. The monoisotopic (exact) mass is 300 g/mol. The molecule has 0 fully saturated rings. The maximum Gasteiger partial charge on any atom is 0.371 e. The SMILES string of the molecule is O=C(O)c1ccc(S(=O)CC(F)(F)c2ccccc2)o1.